The molecule has 1 aromatic carbocycles. The second kappa shape index (κ2) is 7.22. The molecule has 4 heteroatoms. The van der Waals surface area contributed by atoms with E-state index >= 15 is 0 Å². The normalized spacial score (nSPS) is 11.0. The first kappa shape index (κ1) is 14.8. The SMILES string of the molecule is CCOc1ccc(C=C(C#N)C(=O)OC(C)C)cc1. The fourth-order valence-electron chi connectivity index (χ4n) is 1.41. The van der Waals surface area contributed by atoms with E-state index in [4.69, 9.17) is 14.7 Å². The molecular formula is C15H17NO3. The van der Waals surface area contributed by atoms with Gasteiger partial charge in [0.2, 0.25) is 0 Å². The van der Waals surface area contributed by atoms with E-state index in [1.807, 2.05) is 13.0 Å². The third kappa shape index (κ3) is 4.84. The van der Waals surface area contributed by atoms with E-state index in [-0.39, 0.29) is 11.7 Å². The zero-order valence-corrected chi connectivity index (χ0v) is 11.3. The van der Waals surface area contributed by atoms with Crippen molar-refractivity contribution < 1.29 is 14.3 Å². The Morgan fingerprint density at radius 2 is 2.00 bits per heavy atom. The van der Waals surface area contributed by atoms with Crippen molar-refractivity contribution in [1.82, 2.24) is 0 Å². The third-order valence-electron chi connectivity index (χ3n) is 2.19. The minimum absolute atomic E-state index is 0.0159. The van der Waals surface area contributed by atoms with Crippen LogP contribution in [0.5, 0.6) is 5.75 Å². The summed E-state index contributed by atoms with van der Waals surface area (Å²) in [7, 11) is 0. The van der Waals surface area contributed by atoms with Gasteiger partial charge >= 0.3 is 5.97 Å². The number of ether oxygens (including phenoxy) is 2. The van der Waals surface area contributed by atoms with E-state index in [9.17, 15) is 4.79 Å². The third-order valence-corrected chi connectivity index (χ3v) is 2.19. The number of nitriles is 1. The molecule has 1 aromatic rings. The number of rotatable bonds is 5. The Kier molecular flexibility index (Phi) is 5.62. The Morgan fingerprint density at radius 3 is 2.47 bits per heavy atom. The van der Waals surface area contributed by atoms with Crippen LogP contribution in [0.3, 0.4) is 0 Å². The summed E-state index contributed by atoms with van der Waals surface area (Å²) in [5, 5.41) is 8.97. The molecule has 100 valence electrons. The van der Waals surface area contributed by atoms with Gasteiger partial charge in [0.15, 0.2) is 0 Å². The second-order valence-electron chi connectivity index (χ2n) is 4.13. The lowest BCUT2D eigenvalue weighted by atomic mass is 10.1. The van der Waals surface area contributed by atoms with Gasteiger partial charge in [-0.05, 0) is 44.5 Å². The summed E-state index contributed by atoms with van der Waals surface area (Å²) in [6.45, 7) is 5.98. The van der Waals surface area contributed by atoms with E-state index < -0.39 is 5.97 Å². The molecule has 1 rings (SSSR count). The zero-order chi connectivity index (χ0) is 14.3. The summed E-state index contributed by atoms with van der Waals surface area (Å²) < 4.78 is 10.3. The fourth-order valence-corrected chi connectivity index (χ4v) is 1.41. The first-order valence-electron chi connectivity index (χ1n) is 6.12. The van der Waals surface area contributed by atoms with Gasteiger partial charge < -0.3 is 9.47 Å². The van der Waals surface area contributed by atoms with Crippen molar-refractivity contribution in [2.24, 2.45) is 0 Å². The number of hydrogen-bond donors (Lipinski definition) is 0. The maximum atomic E-state index is 11.6. The molecule has 0 aliphatic carbocycles. The van der Waals surface area contributed by atoms with Crippen LogP contribution in [0.25, 0.3) is 6.08 Å². The van der Waals surface area contributed by atoms with Crippen molar-refractivity contribution in [2.45, 2.75) is 26.9 Å². The highest BCUT2D eigenvalue weighted by Gasteiger charge is 2.12. The predicted octanol–water partition coefficient (Wildman–Crippen LogP) is 2.94. The van der Waals surface area contributed by atoms with Crippen LogP contribution in [0.2, 0.25) is 0 Å². The largest absolute Gasteiger partial charge is 0.494 e. The first-order chi connectivity index (χ1) is 9.06. The highest BCUT2D eigenvalue weighted by Crippen LogP contribution is 2.15. The number of carbonyl (C=O) groups is 1. The van der Waals surface area contributed by atoms with Crippen molar-refractivity contribution in [3.63, 3.8) is 0 Å². The summed E-state index contributed by atoms with van der Waals surface area (Å²) in [5.74, 6) is 0.147. The molecule has 0 saturated carbocycles. The van der Waals surface area contributed by atoms with Gasteiger partial charge in [0.1, 0.15) is 17.4 Å². The van der Waals surface area contributed by atoms with Crippen LogP contribution >= 0.6 is 0 Å². The summed E-state index contributed by atoms with van der Waals surface area (Å²) in [6.07, 6.45) is 1.25. The number of carbonyl (C=O) groups excluding carboxylic acids is 1. The maximum Gasteiger partial charge on any atom is 0.349 e. The van der Waals surface area contributed by atoms with Gasteiger partial charge in [0.25, 0.3) is 0 Å². The predicted molar refractivity (Wildman–Crippen MR) is 72.4 cm³/mol. The molecular weight excluding hydrogens is 242 g/mol. The molecule has 0 heterocycles. The highest BCUT2D eigenvalue weighted by atomic mass is 16.5. The van der Waals surface area contributed by atoms with Gasteiger partial charge in [-0.1, -0.05) is 12.1 Å². The molecule has 0 amide bonds. The monoisotopic (exact) mass is 259 g/mol. The lowest BCUT2D eigenvalue weighted by Crippen LogP contribution is -2.12. The van der Waals surface area contributed by atoms with Gasteiger partial charge in [-0.2, -0.15) is 5.26 Å². The second-order valence-corrected chi connectivity index (χ2v) is 4.13. The van der Waals surface area contributed by atoms with Crippen LogP contribution in [-0.2, 0) is 9.53 Å². The van der Waals surface area contributed by atoms with E-state index in [1.165, 1.54) is 6.08 Å². The molecule has 0 atom stereocenters. The Balaban J connectivity index is 2.86. The molecule has 0 aliphatic heterocycles. The Bertz CT molecular complexity index is 495. The molecule has 0 fully saturated rings. The number of esters is 1. The van der Waals surface area contributed by atoms with Crippen molar-refractivity contribution in [2.75, 3.05) is 6.61 Å². The van der Waals surface area contributed by atoms with Gasteiger partial charge in [-0.15, -0.1) is 0 Å². The highest BCUT2D eigenvalue weighted by molar-refractivity contribution is 5.97. The average Bonchev–Trinajstić information content (AvgIpc) is 2.37. The molecule has 0 aliphatic rings. The fraction of sp³-hybridized carbons (Fsp3) is 0.333. The summed E-state index contributed by atoms with van der Waals surface area (Å²) in [6, 6.07) is 9.00. The molecule has 0 aromatic heterocycles. The summed E-state index contributed by atoms with van der Waals surface area (Å²) in [5.41, 5.74) is 0.735. The Labute approximate surface area is 113 Å². The number of hydrogen-bond acceptors (Lipinski definition) is 4. The van der Waals surface area contributed by atoms with Gasteiger partial charge in [0, 0.05) is 0 Å². The van der Waals surface area contributed by atoms with Gasteiger partial charge in [-0.25, -0.2) is 4.79 Å². The van der Waals surface area contributed by atoms with Gasteiger partial charge in [-0.3, -0.25) is 0 Å². The maximum absolute atomic E-state index is 11.6. The topological polar surface area (TPSA) is 59.3 Å². The molecule has 4 nitrogen and oxygen atoms in total. The van der Waals surface area contributed by atoms with Crippen molar-refractivity contribution in [3.05, 3.63) is 35.4 Å². The zero-order valence-electron chi connectivity index (χ0n) is 11.3. The van der Waals surface area contributed by atoms with Crippen LogP contribution < -0.4 is 4.74 Å². The van der Waals surface area contributed by atoms with Crippen LogP contribution in [0.15, 0.2) is 29.8 Å². The smallest absolute Gasteiger partial charge is 0.349 e. The molecule has 0 unspecified atom stereocenters. The minimum atomic E-state index is -0.605. The van der Waals surface area contributed by atoms with Crippen LogP contribution in [0, 0.1) is 11.3 Å². The quantitative estimate of drug-likeness (QED) is 0.463. The molecule has 19 heavy (non-hydrogen) atoms. The average molecular weight is 259 g/mol. The lowest BCUT2D eigenvalue weighted by molar-refractivity contribution is -0.142. The first-order valence-corrected chi connectivity index (χ1v) is 6.12. The van der Waals surface area contributed by atoms with E-state index in [0.717, 1.165) is 11.3 Å². The Morgan fingerprint density at radius 1 is 1.37 bits per heavy atom. The number of nitrogens with zero attached hydrogens (tertiary/aromatic N) is 1. The van der Waals surface area contributed by atoms with E-state index in [1.54, 1.807) is 38.1 Å². The Hall–Kier alpha value is -2.28. The van der Waals surface area contributed by atoms with Crippen LogP contribution in [0.1, 0.15) is 26.3 Å². The van der Waals surface area contributed by atoms with Crippen LogP contribution in [0.4, 0.5) is 0 Å². The van der Waals surface area contributed by atoms with Crippen molar-refractivity contribution in [1.29, 1.82) is 5.26 Å². The molecule has 0 spiro atoms. The molecule has 0 N–H and O–H groups in total. The molecule has 0 radical (unpaired) electrons. The molecule has 0 bridgehead atoms. The molecule has 0 saturated heterocycles. The minimum Gasteiger partial charge on any atom is -0.494 e. The van der Waals surface area contributed by atoms with Crippen LogP contribution in [-0.4, -0.2) is 18.7 Å². The van der Waals surface area contributed by atoms with Crippen molar-refractivity contribution >= 4 is 12.0 Å². The van der Waals surface area contributed by atoms with Crippen molar-refractivity contribution in [3.8, 4) is 11.8 Å². The summed E-state index contributed by atoms with van der Waals surface area (Å²) in [4.78, 5) is 11.6. The summed E-state index contributed by atoms with van der Waals surface area (Å²) >= 11 is 0. The standard InChI is InChI=1S/C15H17NO3/c1-4-18-14-7-5-12(6-8-14)9-13(10-16)15(17)19-11(2)3/h5-9,11H,4H2,1-3H3. The van der Waals surface area contributed by atoms with E-state index in [0.29, 0.717) is 6.61 Å². The van der Waals surface area contributed by atoms with E-state index in [2.05, 4.69) is 0 Å². The van der Waals surface area contributed by atoms with Gasteiger partial charge in [0.05, 0.1) is 12.7 Å². The number of benzene rings is 1. The lowest BCUT2D eigenvalue weighted by Gasteiger charge is -2.06.